The van der Waals surface area contributed by atoms with Gasteiger partial charge in [-0.25, -0.2) is 4.98 Å². The lowest BCUT2D eigenvalue weighted by Crippen LogP contribution is -2.43. The van der Waals surface area contributed by atoms with Crippen molar-refractivity contribution in [2.24, 2.45) is 0 Å². The van der Waals surface area contributed by atoms with E-state index in [4.69, 9.17) is 4.42 Å². The van der Waals surface area contributed by atoms with Crippen LogP contribution in [0.5, 0.6) is 0 Å². The molecule has 0 spiro atoms. The summed E-state index contributed by atoms with van der Waals surface area (Å²) in [5.41, 5.74) is 3.96. The second kappa shape index (κ2) is 7.51. The molecule has 0 unspecified atom stereocenters. The number of fused-ring (bicyclic) bond motifs is 1. The van der Waals surface area contributed by atoms with E-state index >= 15 is 0 Å². The van der Waals surface area contributed by atoms with Gasteiger partial charge in [-0.05, 0) is 23.3 Å². The molecule has 0 bridgehead atoms. The van der Waals surface area contributed by atoms with Gasteiger partial charge in [0, 0.05) is 57.9 Å². The van der Waals surface area contributed by atoms with E-state index in [1.165, 1.54) is 11.8 Å². The Balaban J connectivity index is 1.30. The molecule has 1 amide bonds. The van der Waals surface area contributed by atoms with Crippen LogP contribution in [0.4, 0.5) is 17.4 Å². The highest BCUT2D eigenvalue weighted by molar-refractivity contribution is 6.04. The average molecular weight is 391 g/mol. The molecule has 2 aliphatic heterocycles. The van der Waals surface area contributed by atoms with Crippen LogP contribution in [-0.4, -0.2) is 47.0 Å². The number of carbonyl (C=O) groups is 1. The maximum atomic E-state index is 12.8. The molecule has 9 heteroatoms. The second-order valence-corrected chi connectivity index (χ2v) is 7.09. The fourth-order valence-electron chi connectivity index (χ4n) is 3.72. The number of piperazine rings is 1. The lowest BCUT2D eigenvalue weighted by Gasteiger charge is -2.30. The SMILES string of the molecule is O=C(Nc1cnccc1N1CCNCC1)c1cnc(N2Cc3ccncc3C2)o1. The van der Waals surface area contributed by atoms with E-state index in [1.54, 1.807) is 18.6 Å². The molecule has 0 radical (unpaired) electrons. The molecule has 3 aromatic heterocycles. The van der Waals surface area contributed by atoms with Crippen molar-refractivity contribution >= 4 is 23.3 Å². The van der Waals surface area contributed by atoms with Crippen molar-refractivity contribution < 1.29 is 9.21 Å². The molecular weight excluding hydrogens is 370 g/mol. The highest BCUT2D eigenvalue weighted by Crippen LogP contribution is 2.28. The van der Waals surface area contributed by atoms with Crippen LogP contribution in [0.2, 0.25) is 0 Å². The van der Waals surface area contributed by atoms with E-state index in [9.17, 15) is 4.79 Å². The molecule has 29 heavy (non-hydrogen) atoms. The van der Waals surface area contributed by atoms with Crippen molar-refractivity contribution in [3.05, 3.63) is 60.0 Å². The summed E-state index contributed by atoms with van der Waals surface area (Å²) in [5, 5.41) is 6.25. The van der Waals surface area contributed by atoms with Crippen LogP contribution >= 0.6 is 0 Å². The summed E-state index contributed by atoms with van der Waals surface area (Å²) in [6, 6.07) is 4.34. The van der Waals surface area contributed by atoms with Gasteiger partial charge in [0.15, 0.2) is 0 Å². The molecule has 9 nitrogen and oxygen atoms in total. The maximum Gasteiger partial charge on any atom is 0.298 e. The molecule has 1 saturated heterocycles. The summed E-state index contributed by atoms with van der Waals surface area (Å²) < 4.78 is 5.76. The zero-order valence-corrected chi connectivity index (χ0v) is 15.8. The molecule has 1 fully saturated rings. The minimum absolute atomic E-state index is 0.171. The van der Waals surface area contributed by atoms with Gasteiger partial charge in [-0.3, -0.25) is 14.8 Å². The standard InChI is InChI=1S/C20H21N7O2/c28-19(25-16-10-23-4-2-17(16)26-7-5-21-6-8-26)18-11-24-20(29-18)27-12-14-1-3-22-9-15(14)13-27/h1-4,9-11,21H,5-8,12-13H2,(H,25,28). The Labute approximate surface area is 167 Å². The normalized spacial score (nSPS) is 16.0. The summed E-state index contributed by atoms with van der Waals surface area (Å²) >= 11 is 0. The number of hydrogen-bond acceptors (Lipinski definition) is 8. The minimum atomic E-state index is -0.341. The van der Waals surface area contributed by atoms with E-state index in [0.717, 1.165) is 37.4 Å². The Hall–Kier alpha value is -3.46. The van der Waals surface area contributed by atoms with Crippen molar-refractivity contribution in [3.8, 4) is 0 Å². The Morgan fingerprint density at radius 2 is 1.79 bits per heavy atom. The zero-order chi connectivity index (χ0) is 19.6. The lowest BCUT2D eigenvalue weighted by molar-refractivity contribution is 0.0997. The monoisotopic (exact) mass is 391 g/mol. The topological polar surface area (TPSA) is 99.4 Å². The molecule has 0 saturated carbocycles. The summed E-state index contributed by atoms with van der Waals surface area (Å²) in [6.45, 7) is 4.94. The van der Waals surface area contributed by atoms with Crippen LogP contribution in [0.3, 0.4) is 0 Å². The molecule has 0 atom stereocenters. The summed E-state index contributed by atoms with van der Waals surface area (Å²) in [4.78, 5) is 29.6. The van der Waals surface area contributed by atoms with Crippen LogP contribution in [0, 0.1) is 0 Å². The second-order valence-electron chi connectivity index (χ2n) is 7.09. The first-order chi connectivity index (χ1) is 14.3. The fraction of sp³-hybridized carbons (Fsp3) is 0.300. The van der Waals surface area contributed by atoms with Crippen LogP contribution in [0.1, 0.15) is 21.7 Å². The molecule has 2 aliphatic rings. The van der Waals surface area contributed by atoms with Gasteiger partial charge in [0.05, 0.1) is 23.8 Å². The first-order valence-electron chi connectivity index (χ1n) is 9.61. The number of aromatic nitrogens is 3. The van der Waals surface area contributed by atoms with Crippen LogP contribution in [-0.2, 0) is 13.1 Å². The zero-order valence-electron chi connectivity index (χ0n) is 15.8. The van der Waals surface area contributed by atoms with Crippen molar-refractivity contribution in [3.63, 3.8) is 0 Å². The highest BCUT2D eigenvalue weighted by Gasteiger charge is 2.24. The van der Waals surface area contributed by atoms with Crippen molar-refractivity contribution in [1.29, 1.82) is 0 Å². The molecule has 3 aromatic rings. The van der Waals surface area contributed by atoms with Crippen molar-refractivity contribution in [1.82, 2.24) is 20.3 Å². The fourth-order valence-corrected chi connectivity index (χ4v) is 3.72. The number of oxazole rings is 1. The summed E-state index contributed by atoms with van der Waals surface area (Å²) in [7, 11) is 0. The number of nitrogens with one attached hydrogen (secondary N) is 2. The quantitative estimate of drug-likeness (QED) is 0.693. The van der Waals surface area contributed by atoms with Crippen molar-refractivity contribution in [2.75, 3.05) is 41.3 Å². The predicted octanol–water partition coefficient (Wildman–Crippen LogP) is 1.65. The predicted molar refractivity (Wildman–Crippen MR) is 108 cm³/mol. The Morgan fingerprint density at radius 3 is 2.66 bits per heavy atom. The largest absolute Gasteiger partial charge is 0.418 e. The number of nitrogens with zero attached hydrogens (tertiary/aromatic N) is 5. The third-order valence-electron chi connectivity index (χ3n) is 5.22. The summed E-state index contributed by atoms with van der Waals surface area (Å²) in [5.74, 6) is -0.171. The third-order valence-corrected chi connectivity index (χ3v) is 5.22. The minimum Gasteiger partial charge on any atom is -0.418 e. The van der Waals surface area contributed by atoms with Gasteiger partial charge in [-0.15, -0.1) is 0 Å². The van der Waals surface area contributed by atoms with Gasteiger partial charge in [0.25, 0.3) is 11.9 Å². The number of amides is 1. The van der Waals surface area contributed by atoms with Gasteiger partial charge in [-0.2, -0.15) is 0 Å². The number of anilines is 3. The third kappa shape index (κ3) is 3.52. The van der Waals surface area contributed by atoms with Gasteiger partial charge in [0.1, 0.15) is 0 Å². The van der Waals surface area contributed by atoms with E-state index in [2.05, 4.69) is 30.5 Å². The first-order valence-corrected chi connectivity index (χ1v) is 9.61. The molecule has 5 heterocycles. The molecule has 0 aliphatic carbocycles. The Kier molecular flexibility index (Phi) is 4.57. The van der Waals surface area contributed by atoms with E-state index in [1.807, 2.05) is 23.2 Å². The van der Waals surface area contributed by atoms with Gasteiger partial charge in [0.2, 0.25) is 5.76 Å². The molecular formula is C20H21N7O2. The smallest absolute Gasteiger partial charge is 0.298 e. The van der Waals surface area contributed by atoms with Gasteiger partial charge < -0.3 is 24.9 Å². The average Bonchev–Trinajstić information content (AvgIpc) is 3.42. The van der Waals surface area contributed by atoms with Gasteiger partial charge in [-0.1, -0.05) is 0 Å². The first kappa shape index (κ1) is 17.6. The number of rotatable bonds is 4. The number of pyridine rings is 2. The van der Waals surface area contributed by atoms with Gasteiger partial charge >= 0.3 is 0 Å². The van der Waals surface area contributed by atoms with E-state index in [0.29, 0.717) is 24.8 Å². The number of carbonyl (C=O) groups excluding carboxylic acids is 1. The van der Waals surface area contributed by atoms with Crippen LogP contribution in [0.25, 0.3) is 0 Å². The van der Waals surface area contributed by atoms with E-state index < -0.39 is 0 Å². The van der Waals surface area contributed by atoms with E-state index in [-0.39, 0.29) is 11.7 Å². The molecule has 2 N–H and O–H groups in total. The Morgan fingerprint density at radius 1 is 1.00 bits per heavy atom. The van der Waals surface area contributed by atoms with Crippen LogP contribution in [0.15, 0.2) is 47.5 Å². The molecule has 5 rings (SSSR count). The Bertz CT molecular complexity index is 1000. The summed E-state index contributed by atoms with van der Waals surface area (Å²) in [6.07, 6.45) is 8.50. The maximum absolute atomic E-state index is 12.8. The molecule has 148 valence electrons. The highest BCUT2D eigenvalue weighted by atomic mass is 16.4. The number of hydrogen-bond donors (Lipinski definition) is 2. The lowest BCUT2D eigenvalue weighted by atomic mass is 10.2. The van der Waals surface area contributed by atoms with Crippen molar-refractivity contribution in [2.45, 2.75) is 13.1 Å². The molecule has 0 aromatic carbocycles. The van der Waals surface area contributed by atoms with Crippen LogP contribution < -0.4 is 20.4 Å².